The minimum atomic E-state index is -3.81. The van der Waals surface area contributed by atoms with Crippen molar-refractivity contribution in [1.82, 2.24) is 4.72 Å². The van der Waals surface area contributed by atoms with Crippen molar-refractivity contribution in [2.45, 2.75) is 38.1 Å². The molecular weight excluding hydrogens is 358 g/mol. The Bertz CT molecular complexity index is 615. The summed E-state index contributed by atoms with van der Waals surface area (Å²) in [7, 11) is -2.57. The predicted molar refractivity (Wildman–Crippen MR) is 84.5 cm³/mol. The number of carbonyl (C=O) groups excluding carboxylic acids is 1. The number of esters is 1. The Morgan fingerprint density at radius 3 is 2.52 bits per heavy atom. The lowest BCUT2D eigenvalue weighted by Gasteiger charge is -2.22. The van der Waals surface area contributed by atoms with Crippen molar-refractivity contribution in [3.63, 3.8) is 0 Å². The lowest BCUT2D eigenvalue weighted by molar-refractivity contribution is -0.143. The molecule has 2 unspecified atom stereocenters. The van der Waals surface area contributed by atoms with Gasteiger partial charge in [0, 0.05) is 4.47 Å². The highest BCUT2D eigenvalue weighted by atomic mass is 79.9. The normalized spacial score (nSPS) is 14.5. The highest BCUT2D eigenvalue weighted by molar-refractivity contribution is 9.10. The number of carbonyl (C=O) groups is 1. The summed E-state index contributed by atoms with van der Waals surface area (Å²) in [4.78, 5) is 11.9. The second-order valence-electron chi connectivity index (χ2n) is 4.94. The van der Waals surface area contributed by atoms with Gasteiger partial charge in [-0.3, -0.25) is 4.79 Å². The van der Waals surface area contributed by atoms with Gasteiger partial charge in [0.1, 0.15) is 6.04 Å². The Hall–Kier alpha value is -0.920. The van der Waals surface area contributed by atoms with Crippen LogP contribution in [0.4, 0.5) is 0 Å². The molecule has 0 fully saturated rings. The van der Waals surface area contributed by atoms with Gasteiger partial charge in [-0.2, -0.15) is 4.72 Å². The molecule has 0 saturated carbocycles. The predicted octanol–water partition coefficient (Wildman–Crippen LogP) is 2.62. The highest BCUT2D eigenvalue weighted by Crippen LogP contribution is 2.24. The monoisotopic (exact) mass is 377 g/mol. The number of hydrogen-bond donors (Lipinski definition) is 1. The van der Waals surface area contributed by atoms with Gasteiger partial charge in [0.05, 0.1) is 12.0 Å². The van der Waals surface area contributed by atoms with Crippen molar-refractivity contribution in [1.29, 1.82) is 0 Å². The van der Waals surface area contributed by atoms with E-state index in [1.165, 1.54) is 13.2 Å². The number of nitrogens with one attached hydrogen (secondary N) is 1. The first-order valence-electron chi connectivity index (χ1n) is 6.59. The van der Waals surface area contributed by atoms with Crippen LogP contribution in [-0.2, 0) is 19.6 Å². The summed E-state index contributed by atoms with van der Waals surface area (Å²) in [5, 5.41) is 0. The van der Waals surface area contributed by atoms with Crippen LogP contribution in [0.25, 0.3) is 0 Å². The molecule has 5 nitrogen and oxygen atoms in total. The van der Waals surface area contributed by atoms with E-state index in [1.54, 1.807) is 19.1 Å². The molecule has 0 saturated heterocycles. The number of aryl methyl sites for hydroxylation is 1. The molecule has 118 valence electrons. The summed E-state index contributed by atoms with van der Waals surface area (Å²) in [6.07, 6.45) is 0.650. The van der Waals surface area contributed by atoms with Crippen LogP contribution in [0, 0.1) is 12.8 Å². The second kappa shape index (κ2) is 7.38. The number of methoxy groups -OCH3 is 1. The SMILES string of the molecule is CCC(C)C(NS(=O)(=O)c1ccc(C)cc1Br)C(=O)OC. The summed E-state index contributed by atoms with van der Waals surface area (Å²) in [5.41, 5.74) is 0.937. The van der Waals surface area contributed by atoms with Gasteiger partial charge in [-0.05, 0) is 46.5 Å². The molecular formula is C14H20BrNO4S. The van der Waals surface area contributed by atoms with E-state index in [0.29, 0.717) is 10.9 Å². The van der Waals surface area contributed by atoms with Gasteiger partial charge in [0.15, 0.2) is 0 Å². The summed E-state index contributed by atoms with van der Waals surface area (Å²) >= 11 is 3.25. The average Bonchev–Trinajstić information content (AvgIpc) is 2.42. The molecule has 1 N–H and O–H groups in total. The highest BCUT2D eigenvalue weighted by Gasteiger charge is 2.31. The van der Waals surface area contributed by atoms with Crippen LogP contribution in [0.3, 0.4) is 0 Å². The van der Waals surface area contributed by atoms with E-state index in [0.717, 1.165) is 5.56 Å². The van der Waals surface area contributed by atoms with Gasteiger partial charge in [0.25, 0.3) is 0 Å². The topological polar surface area (TPSA) is 72.5 Å². The smallest absolute Gasteiger partial charge is 0.324 e. The van der Waals surface area contributed by atoms with Gasteiger partial charge in [-0.25, -0.2) is 8.42 Å². The van der Waals surface area contributed by atoms with Crippen LogP contribution in [-0.4, -0.2) is 27.5 Å². The first-order chi connectivity index (χ1) is 9.72. The summed E-state index contributed by atoms with van der Waals surface area (Å²) in [5.74, 6) is -0.757. The Morgan fingerprint density at radius 1 is 1.43 bits per heavy atom. The van der Waals surface area contributed by atoms with Crippen LogP contribution in [0.5, 0.6) is 0 Å². The van der Waals surface area contributed by atoms with E-state index in [1.807, 2.05) is 13.8 Å². The Kier molecular flexibility index (Phi) is 6.37. The third-order valence-corrected chi connectivity index (χ3v) is 5.74. The molecule has 21 heavy (non-hydrogen) atoms. The maximum Gasteiger partial charge on any atom is 0.324 e. The van der Waals surface area contributed by atoms with E-state index >= 15 is 0 Å². The maximum atomic E-state index is 12.5. The van der Waals surface area contributed by atoms with Crippen molar-refractivity contribution in [3.8, 4) is 0 Å². The van der Waals surface area contributed by atoms with Crippen LogP contribution in [0.1, 0.15) is 25.8 Å². The fourth-order valence-electron chi connectivity index (χ4n) is 1.81. The minimum absolute atomic E-state index is 0.102. The number of halogens is 1. The van der Waals surface area contributed by atoms with Crippen LogP contribution >= 0.6 is 15.9 Å². The molecule has 1 rings (SSSR count). The van der Waals surface area contributed by atoms with Crippen molar-refractivity contribution in [2.75, 3.05) is 7.11 Å². The van der Waals surface area contributed by atoms with E-state index in [-0.39, 0.29) is 10.8 Å². The largest absolute Gasteiger partial charge is 0.468 e. The molecule has 7 heteroatoms. The molecule has 0 bridgehead atoms. The lowest BCUT2D eigenvalue weighted by Crippen LogP contribution is -2.45. The van der Waals surface area contributed by atoms with Crippen LogP contribution < -0.4 is 4.72 Å². The van der Waals surface area contributed by atoms with Crippen molar-refractivity contribution in [3.05, 3.63) is 28.2 Å². The van der Waals surface area contributed by atoms with E-state index in [4.69, 9.17) is 0 Å². The van der Waals surface area contributed by atoms with Gasteiger partial charge >= 0.3 is 5.97 Å². The van der Waals surface area contributed by atoms with Crippen LogP contribution in [0.2, 0.25) is 0 Å². The molecule has 1 aromatic rings. The molecule has 0 radical (unpaired) electrons. The molecule has 0 aliphatic carbocycles. The number of ether oxygens (including phenoxy) is 1. The van der Waals surface area contributed by atoms with Gasteiger partial charge in [-0.15, -0.1) is 0 Å². The Balaban J connectivity index is 3.14. The van der Waals surface area contributed by atoms with E-state index in [2.05, 4.69) is 25.4 Å². The third kappa shape index (κ3) is 4.52. The zero-order valence-electron chi connectivity index (χ0n) is 12.5. The van der Waals surface area contributed by atoms with Crippen LogP contribution in [0.15, 0.2) is 27.6 Å². The Morgan fingerprint density at radius 2 is 2.05 bits per heavy atom. The number of rotatable bonds is 6. The van der Waals surface area contributed by atoms with Gasteiger partial charge in [-0.1, -0.05) is 26.3 Å². The molecule has 0 aliphatic rings. The van der Waals surface area contributed by atoms with Crippen molar-refractivity contribution < 1.29 is 17.9 Å². The van der Waals surface area contributed by atoms with E-state index in [9.17, 15) is 13.2 Å². The van der Waals surface area contributed by atoms with Gasteiger partial charge in [0.2, 0.25) is 10.0 Å². The Labute approximate surface area is 134 Å². The lowest BCUT2D eigenvalue weighted by atomic mass is 10.0. The molecule has 2 atom stereocenters. The minimum Gasteiger partial charge on any atom is -0.468 e. The van der Waals surface area contributed by atoms with Crippen molar-refractivity contribution in [2.24, 2.45) is 5.92 Å². The standard InChI is InChI=1S/C14H20BrNO4S/c1-5-10(3)13(14(17)20-4)16-21(18,19)12-7-6-9(2)8-11(12)15/h6-8,10,13,16H,5H2,1-4H3. The van der Waals surface area contributed by atoms with Crippen molar-refractivity contribution >= 4 is 31.9 Å². The first-order valence-corrected chi connectivity index (χ1v) is 8.86. The van der Waals surface area contributed by atoms with E-state index < -0.39 is 22.0 Å². The molecule has 0 spiro atoms. The third-order valence-electron chi connectivity index (χ3n) is 3.33. The summed E-state index contributed by atoms with van der Waals surface area (Å²) < 4.78 is 32.5. The summed E-state index contributed by atoms with van der Waals surface area (Å²) in [6.45, 7) is 5.55. The second-order valence-corrected chi connectivity index (χ2v) is 7.48. The zero-order chi connectivity index (χ0) is 16.2. The fraction of sp³-hybridized carbons (Fsp3) is 0.500. The number of sulfonamides is 1. The quantitative estimate of drug-likeness (QED) is 0.773. The molecule has 0 aliphatic heterocycles. The number of hydrogen-bond acceptors (Lipinski definition) is 4. The average molecular weight is 378 g/mol. The summed E-state index contributed by atoms with van der Waals surface area (Å²) in [6, 6.07) is 4.02. The fourth-order valence-corrected chi connectivity index (χ4v) is 4.30. The molecule has 0 amide bonds. The zero-order valence-corrected chi connectivity index (χ0v) is 14.9. The number of benzene rings is 1. The molecule has 0 heterocycles. The first kappa shape index (κ1) is 18.1. The maximum absolute atomic E-state index is 12.5. The van der Waals surface area contributed by atoms with Gasteiger partial charge < -0.3 is 4.74 Å². The molecule has 0 aromatic heterocycles. The molecule has 1 aromatic carbocycles.